The molecule has 0 saturated carbocycles. The molecule has 2 aromatic rings. The zero-order chi connectivity index (χ0) is 14.1. The maximum absolute atomic E-state index is 12.3. The average Bonchev–Trinajstić information content (AvgIpc) is 2.46. The molecule has 0 saturated heterocycles. The van der Waals surface area contributed by atoms with E-state index in [0.717, 1.165) is 11.3 Å². The van der Waals surface area contributed by atoms with Gasteiger partial charge in [0.05, 0.1) is 10.9 Å². The first-order valence-electron chi connectivity index (χ1n) is 6.04. The van der Waals surface area contributed by atoms with Gasteiger partial charge in [0.15, 0.2) is 0 Å². The summed E-state index contributed by atoms with van der Waals surface area (Å²) in [6.07, 6.45) is 4.92. The fourth-order valence-corrected chi connectivity index (χ4v) is 2.18. The van der Waals surface area contributed by atoms with Gasteiger partial charge < -0.3 is 10.1 Å². The quantitative estimate of drug-likeness (QED) is 0.876. The minimum Gasteiger partial charge on any atom is -0.488 e. The number of aromatic nitrogens is 1. The van der Waals surface area contributed by atoms with Gasteiger partial charge >= 0.3 is 0 Å². The van der Waals surface area contributed by atoms with E-state index in [2.05, 4.69) is 0 Å². The van der Waals surface area contributed by atoms with Crippen molar-refractivity contribution in [3.63, 3.8) is 0 Å². The number of benzene rings is 1. The summed E-state index contributed by atoms with van der Waals surface area (Å²) < 4.78 is 6.99. The van der Waals surface area contributed by atoms with Crippen molar-refractivity contribution in [2.24, 2.45) is 0 Å². The Balaban J connectivity index is 1.97. The maximum atomic E-state index is 12.3. The van der Waals surface area contributed by atoms with Crippen LogP contribution < -0.4 is 10.1 Å². The van der Waals surface area contributed by atoms with Gasteiger partial charge in [0.1, 0.15) is 12.4 Å². The second-order valence-electron chi connectivity index (χ2n) is 4.44. The molecule has 1 N–H and O–H groups in total. The molecule has 1 aliphatic rings. The highest BCUT2D eigenvalue weighted by Gasteiger charge is 2.18. The summed E-state index contributed by atoms with van der Waals surface area (Å²) in [5.41, 5.74) is 1.34. The number of carbonyl (C=O) groups excluding carboxylic acids is 1. The van der Waals surface area contributed by atoms with E-state index < -0.39 is 0 Å². The summed E-state index contributed by atoms with van der Waals surface area (Å²) in [4.78, 5) is 12.3. The van der Waals surface area contributed by atoms with E-state index in [9.17, 15) is 4.79 Å². The fraction of sp³-hybridized carbons (Fsp3) is 0.0667. The Morgan fingerprint density at radius 2 is 2.00 bits per heavy atom. The van der Waals surface area contributed by atoms with Crippen LogP contribution in [0.3, 0.4) is 0 Å². The molecule has 0 amide bonds. The van der Waals surface area contributed by atoms with Gasteiger partial charge in [0.2, 0.25) is 0 Å². The monoisotopic (exact) mass is 286 g/mol. The summed E-state index contributed by atoms with van der Waals surface area (Å²) in [7, 11) is 0. The molecule has 5 heteroatoms. The minimum absolute atomic E-state index is 0.171. The molecule has 100 valence electrons. The lowest BCUT2D eigenvalue weighted by Gasteiger charge is -2.18. The van der Waals surface area contributed by atoms with Crippen LogP contribution in [-0.4, -0.2) is 17.1 Å². The third kappa shape index (κ3) is 2.38. The highest BCUT2D eigenvalue weighted by molar-refractivity contribution is 6.30. The van der Waals surface area contributed by atoms with Gasteiger partial charge in [0, 0.05) is 23.0 Å². The van der Waals surface area contributed by atoms with Crippen LogP contribution in [0.15, 0.2) is 48.3 Å². The van der Waals surface area contributed by atoms with Crippen LogP contribution in [0.5, 0.6) is 5.75 Å². The van der Waals surface area contributed by atoms with E-state index in [4.69, 9.17) is 21.7 Å². The molecule has 20 heavy (non-hydrogen) atoms. The van der Waals surface area contributed by atoms with Crippen molar-refractivity contribution in [2.45, 2.75) is 0 Å². The number of carbonyl (C=O) groups is 1. The molecule has 3 rings (SSSR count). The van der Waals surface area contributed by atoms with Gasteiger partial charge in [-0.05, 0) is 36.4 Å². The van der Waals surface area contributed by atoms with Crippen LogP contribution >= 0.6 is 11.6 Å². The second kappa shape index (κ2) is 4.98. The highest BCUT2D eigenvalue weighted by atomic mass is 35.5. The van der Waals surface area contributed by atoms with Crippen molar-refractivity contribution in [2.75, 3.05) is 6.61 Å². The molecule has 1 aromatic heterocycles. The minimum atomic E-state index is -0.171. The van der Waals surface area contributed by atoms with Crippen molar-refractivity contribution in [3.8, 4) is 5.75 Å². The molecule has 0 fully saturated rings. The molecule has 1 aliphatic heterocycles. The normalized spacial score (nSPS) is 13.2. The number of rotatable bonds is 1. The first-order valence-corrected chi connectivity index (χ1v) is 6.42. The van der Waals surface area contributed by atoms with Crippen LogP contribution in [0.1, 0.15) is 10.4 Å². The third-order valence-electron chi connectivity index (χ3n) is 3.02. The van der Waals surface area contributed by atoms with Crippen molar-refractivity contribution in [1.29, 1.82) is 5.41 Å². The molecular weight excluding hydrogens is 276 g/mol. The van der Waals surface area contributed by atoms with Crippen LogP contribution in [-0.2, 0) is 0 Å². The van der Waals surface area contributed by atoms with Gasteiger partial charge in [0.25, 0.3) is 5.91 Å². The van der Waals surface area contributed by atoms with Gasteiger partial charge in [-0.1, -0.05) is 11.6 Å². The highest BCUT2D eigenvalue weighted by Crippen LogP contribution is 2.29. The summed E-state index contributed by atoms with van der Waals surface area (Å²) in [5.74, 6) is 0.549. The van der Waals surface area contributed by atoms with Gasteiger partial charge in [-0.25, -0.2) is 0 Å². The van der Waals surface area contributed by atoms with Crippen molar-refractivity contribution < 1.29 is 9.53 Å². The van der Waals surface area contributed by atoms with E-state index in [-0.39, 0.29) is 12.5 Å². The average molecular weight is 287 g/mol. The van der Waals surface area contributed by atoms with Crippen LogP contribution in [0.2, 0.25) is 5.02 Å². The molecule has 1 aromatic carbocycles. The summed E-state index contributed by atoms with van der Waals surface area (Å²) in [6.45, 7) is 0.225. The Morgan fingerprint density at radius 1 is 1.25 bits per heavy atom. The van der Waals surface area contributed by atoms with Crippen LogP contribution in [0.25, 0.3) is 6.08 Å². The molecule has 2 heterocycles. The lowest BCUT2D eigenvalue weighted by molar-refractivity contribution is 0.0942. The van der Waals surface area contributed by atoms with E-state index in [1.807, 2.05) is 0 Å². The Kier molecular flexibility index (Phi) is 3.16. The predicted octanol–water partition coefficient (Wildman–Crippen LogP) is 2.74. The molecule has 0 atom stereocenters. The third-order valence-corrected chi connectivity index (χ3v) is 3.26. The number of ether oxygens (including phenoxy) is 1. The SMILES string of the molecule is N=c1ccn(C(=O)C2=Cc3cc(Cl)ccc3OC2)cc1. The molecule has 0 spiro atoms. The summed E-state index contributed by atoms with van der Waals surface area (Å²) in [6, 6.07) is 8.43. The molecule has 0 radical (unpaired) electrons. The number of hydrogen-bond donors (Lipinski definition) is 1. The second-order valence-corrected chi connectivity index (χ2v) is 4.88. The van der Waals surface area contributed by atoms with Gasteiger partial charge in [-0.3, -0.25) is 9.36 Å². The maximum Gasteiger partial charge on any atom is 0.261 e. The van der Waals surface area contributed by atoms with E-state index in [0.29, 0.717) is 16.0 Å². The Bertz CT molecular complexity index is 757. The molecular formula is C15H11ClN2O2. The number of halogens is 1. The largest absolute Gasteiger partial charge is 0.488 e. The number of hydrogen-bond acceptors (Lipinski definition) is 3. The number of nitrogens with one attached hydrogen (secondary N) is 1. The van der Waals surface area contributed by atoms with Crippen LogP contribution in [0.4, 0.5) is 0 Å². The topological polar surface area (TPSA) is 55.1 Å². The first-order chi connectivity index (χ1) is 9.63. The fourth-order valence-electron chi connectivity index (χ4n) is 2.00. The van der Waals surface area contributed by atoms with Gasteiger partial charge in [-0.2, -0.15) is 0 Å². The van der Waals surface area contributed by atoms with E-state index in [1.165, 1.54) is 4.57 Å². The van der Waals surface area contributed by atoms with Crippen molar-refractivity contribution in [3.05, 3.63) is 64.2 Å². The Morgan fingerprint density at radius 3 is 2.75 bits per heavy atom. The number of pyridine rings is 1. The number of fused-ring (bicyclic) bond motifs is 1. The van der Waals surface area contributed by atoms with E-state index >= 15 is 0 Å². The Labute approximate surface area is 120 Å². The van der Waals surface area contributed by atoms with Crippen LogP contribution in [0, 0.1) is 5.41 Å². The lowest BCUT2D eigenvalue weighted by atomic mass is 10.1. The number of nitrogens with zero attached hydrogens (tertiary/aromatic N) is 1. The first kappa shape index (κ1) is 12.7. The summed E-state index contributed by atoms with van der Waals surface area (Å²) >= 11 is 5.94. The summed E-state index contributed by atoms with van der Waals surface area (Å²) in [5, 5.41) is 8.38. The smallest absolute Gasteiger partial charge is 0.261 e. The van der Waals surface area contributed by atoms with Crippen molar-refractivity contribution >= 4 is 23.6 Å². The van der Waals surface area contributed by atoms with Crippen molar-refractivity contribution in [1.82, 2.24) is 4.57 Å². The standard InChI is InChI=1S/C15H11ClN2O2/c16-12-1-2-14-10(8-12)7-11(9-20-14)15(19)18-5-3-13(17)4-6-18/h1-8,17H,9H2. The molecule has 0 aliphatic carbocycles. The lowest BCUT2D eigenvalue weighted by Crippen LogP contribution is -2.21. The predicted molar refractivity (Wildman–Crippen MR) is 75.8 cm³/mol. The zero-order valence-electron chi connectivity index (χ0n) is 10.5. The zero-order valence-corrected chi connectivity index (χ0v) is 11.2. The molecule has 0 unspecified atom stereocenters. The molecule has 0 bridgehead atoms. The molecule has 4 nitrogen and oxygen atoms in total. The Hall–Kier alpha value is -2.33. The van der Waals surface area contributed by atoms with E-state index in [1.54, 1.807) is 48.8 Å². The van der Waals surface area contributed by atoms with Gasteiger partial charge in [-0.15, -0.1) is 0 Å².